The van der Waals surface area contributed by atoms with Crippen LogP contribution in [0.15, 0.2) is 11.1 Å². The summed E-state index contributed by atoms with van der Waals surface area (Å²) in [6.45, 7) is 10.9. The summed E-state index contributed by atoms with van der Waals surface area (Å²) in [5.41, 5.74) is 5.65. The van der Waals surface area contributed by atoms with Crippen molar-refractivity contribution in [3.8, 4) is 0 Å². The van der Waals surface area contributed by atoms with E-state index in [-0.39, 0.29) is 28.8 Å². The topological polar surface area (TPSA) is 138 Å². The van der Waals surface area contributed by atoms with Crippen molar-refractivity contribution in [3.05, 3.63) is 16.7 Å². The van der Waals surface area contributed by atoms with Gasteiger partial charge in [-0.3, -0.25) is 14.3 Å². The van der Waals surface area contributed by atoms with Crippen LogP contribution in [-0.2, 0) is 25.5 Å². The average Bonchev–Trinajstić information content (AvgIpc) is 3.39. The highest BCUT2D eigenvalue weighted by molar-refractivity contribution is 9.00. The standard InChI is InChI=1S/C18H30N5O5PS3Si/c1-18(2,3)33(4,5)28-13-10(8-26-29(30)31-6-7-32-29)27-16(12(13)24)23-9-20-11-14(23)21-17(19)22-15(11)25/h9-10,12-13,16,24H,6-8H2,1-5H3,(H3,19,21,22,25)/t10-,12-,13?,16-/m1/s1. The number of aliphatic hydroxyl groups excluding tert-OH is 1. The molecule has 184 valence electrons. The highest BCUT2D eigenvalue weighted by atomic mass is 33.2. The molecule has 2 aromatic heterocycles. The van der Waals surface area contributed by atoms with E-state index in [1.54, 1.807) is 22.8 Å². The molecule has 4 rings (SSSR count). The van der Waals surface area contributed by atoms with Crippen molar-refractivity contribution >= 4 is 64.7 Å². The van der Waals surface area contributed by atoms with Gasteiger partial charge in [-0.05, 0) is 29.9 Å². The first kappa shape index (κ1) is 25.6. The van der Waals surface area contributed by atoms with E-state index in [0.717, 1.165) is 11.5 Å². The lowest BCUT2D eigenvalue weighted by Crippen LogP contribution is -2.49. The van der Waals surface area contributed by atoms with E-state index < -0.39 is 43.1 Å². The monoisotopic (exact) mass is 551 g/mol. The lowest BCUT2D eigenvalue weighted by atomic mass is 10.1. The number of hydrogen-bond acceptors (Lipinski definition) is 11. The van der Waals surface area contributed by atoms with Gasteiger partial charge in [-0.1, -0.05) is 43.5 Å². The maximum absolute atomic E-state index is 12.2. The first-order valence-corrected chi connectivity index (χ1v) is 19.4. The molecule has 2 aliphatic rings. The fourth-order valence-electron chi connectivity index (χ4n) is 3.45. The second-order valence-electron chi connectivity index (χ2n) is 9.58. The third kappa shape index (κ3) is 5.10. The Morgan fingerprint density at radius 3 is 2.73 bits per heavy atom. The van der Waals surface area contributed by atoms with Crippen molar-refractivity contribution in [1.29, 1.82) is 0 Å². The van der Waals surface area contributed by atoms with Crippen LogP contribution in [-0.4, -0.2) is 69.4 Å². The van der Waals surface area contributed by atoms with Gasteiger partial charge >= 0.3 is 0 Å². The average molecular weight is 552 g/mol. The van der Waals surface area contributed by atoms with Crippen LogP contribution < -0.4 is 11.3 Å². The summed E-state index contributed by atoms with van der Waals surface area (Å²) < 4.78 is 18.6. The lowest BCUT2D eigenvalue weighted by Gasteiger charge is -2.40. The van der Waals surface area contributed by atoms with Gasteiger partial charge in [-0.2, -0.15) is 4.98 Å². The van der Waals surface area contributed by atoms with E-state index in [9.17, 15) is 9.90 Å². The highest BCUT2D eigenvalue weighted by Crippen LogP contribution is 2.74. The smallest absolute Gasteiger partial charge is 0.280 e. The molecule has 4 atom stereocenters. The molecule has 0 spiro atoms. The Kier molecular flexibility index (Phi) is 7.16. The molecule has 2 aromatic rings. The van der Waals surface area contributed by atoms with Gasteiger partial charge in [-0.15, -0.1) is 0 Å². The summed E-state index contributed by atoms with van der Waals surface area (Å²) in [6.07, 6.45) is -1.65. The quantitative estimate of drug-likeness (QED) is 0.361. The first-order valence-electron chi connectivity index (χ1n) is 10.6. The van der Waals surface area contributed by atoms with Gasteiger partial charge < -0.3 is 24.5 Å². The number of aromatic nitrogens is 4. The molecule has 15 heteroatoms. The zero-order valence-electron chi connectivity index (χ0n) is 19.2. The van der Waals surface area contributed by atoms with Gasteiger partial charge in [0.25, 0.3) is 5.56 Å². The van der Waals surface area contributed by atoms with Gasteiger partial charge in [0.1, 0.15) is 18.3 Å². The first-order chi connectivity index (χ1) is 15.3. The number of nitrogens with zero attached hydrogens (tertiary/aromatic N) is 3. The largest absolute Gasteiger partial charge is 0.408 e. The van der Waals surface area contributed by atoms with Crippen LogP contribution in [0, 0.1) is 0 Å². The third-order valence-electron chi connectivity index (χ3n) is 6.25. The summed E-state index contributed by atoms with van der Waals surface area (Å²) in [7, 11) is -2.26. The maximum Gasteiger partial charge on any atom is 0.280 e. The second-order valence-corrected chi connectivity index (χ2v) is 25.1. The minimum absolute atomic E-state index is 0.0381. The zero-order chi connectivity index (χ0) is 24.2. The molecule has 33 heavy (non-hydrogen) atoms. The molecule has 2 fully saturated rings. The number of nitrogens with two attached hydrogens (primary N) is 1. The van der Waals surface area contributed by atoms with Crippen LogP contribution in [0.1, 0.15) is 27.0 Å². The number of hydrogen-bond donors (Lipinski definition) is 3. The molecule has 2 saturated heterocycles. The minimum atomic E-state index is -2.26. The predicted molar refractivity (Wildman–Crippen MR) is 140 cm³/mol. The molecule has 0 saturated carbocycles. The van der Waals surface area contributed by atoms with Crippen molar-refractivity contribution in [1.82, 2.24) is 19.5 Å². The van der Waals surface area contributed by atoms with Crippen molar-refractivity contribution in [3.63, 3.8) is 0 Å². The molecule has 0 radical (unpaired) electrons. The van der Waals surface area contributed by atoms with Crippen molar-refractivity contribution in [2.24, 2.45) is 0 Å². The number of anilines is 1. The Labute approximate surface area is 206 Å². The fourth-order valence-corrected chi connectivity index (χ4v) is 13.6. The SMILES string of the molecule is CC(C)(C)[Si](C)(C)OC1[C@@H](O)[C@H](n2cnc3c(=O)[nH]c(N)nc32)O[C@@H]1COP1(=S)SCCS1. The van der Waals surface area contributed by atoms with Gasteiger partial charge in [0.2, 0.25) is 5.95 Å². The summed E-state index contributed by atoms with van der Waals surface area (Å²) in [5.74, 6) is 1.92. The van der Waals surface area contributed by atoms with E-state index in [2.05, 4.69) is 48.8 Å². The Balaban J connectivity index is 1.66. The number of fused-ring (bicyclic) bond motifs is 1. The number of rotatable bonds is 6. The Morgan fingerprint density at radius 2 is 2.09 bits per heavy atom. The van der Waals surface area contributed by atoms with Crippen LogP contribution in [0.3, 0.4) is 0 Å². The summed E-state index contributed by atoms with van der Waals surface area (Å²) in [5, 5.41) is 11.3. The van der Waals surface area contributed by atoms with E-state index in [1.807, 2.05) is 0 Å². The lowest BCUT2D eigenvalue weighted by molar-refractivity contribution is -0.0456. The predicted octanol–water partition coefficient (Wildman–Crippen LogP) is 3.07. The van der Waals surface area contributed by atoms with Gasteiger partial charge in [0.15, 0.2) is 30.4 Å². The molecule has 0 bridgehead atoms. The Morgan fingerprint density at radius 1 is 1.42 bits per heavy atom. The molecule has 1 unspecified atom stereocenters. The van der Waals surface area contributed by atoms with E-state index >= 15 is 0 Å². The molecule has 2 aliphatic heterocycles. The van der Waals surface area contributed by atoms with E-state index in [4.69, 9.17) is 31.2 Å². The molecule has 10 nitrogen and oxygen atoms in total. The number of ether oxygens (including phenoxy) is 1. The number of H-pyrrole nitrogens is 1. The Hall–Kier alpha value is -0.443. The number of aromatic amines is 1. The van der Waals surface area contributed by atoms with Crippen LogP contribution in [0.2, 0.25) is 18.1 Å². The highest BCUT2D eigenvalue weighted by Gasteiger charge is 2.51. The number of aliphatic hydroxyl groups is 1. The fraction of sp³-hybridized carbons (Fsp3) is 0.722. The Bertz CT molecular complexity index is 1130. The van der Waals surface area contributed by atoms with Crippen LogP contribution in [0.4, 0.5) is 5.95 Å². The maximum atomic E-state index is 12.2. The molecule has 4 N–H and O–H groups in total. The van der Waals surface area contributed by atoms with Gasteiger partial charge in [0.05, 0.1) is 12.9 Å². The van der Waals surface area contributed by atoms with Crippen LogP contribution >= 0.6 is 27.4 Å². The molecule has 4 heterocycles. The van der Waals surface area contributed by atoms with Crippen molar-refractivity contribution < 1.29 is 18.8 Å². The molecule has 0 amide bonds. The number of nitrogens with one attached hydrogen (secondary N) is 1. The van der Waals surface area contributed by atoms with Gasteiger partial charge in [0, 0.05) is 11.5 Å². The minimum Gasteiger partial charge on any atom is -0.408 e. The van der Waals surface area contributed by atoms with Crippen molar-refractivity contribution in [2.75, 3.05) is 23.8 Å². The van der Waals surface area contributed by atoms with Crippen LogP contribution in [0.5, 0.6) is 0 Å². The number of nitrogen functional groups attached to an aromatic ring is 1. The molecular formula is C18H30N5O5PS3Si. The van der Waals surface area contributed by atoms with Crippen molar-refractivity contribution in [2.45, 2.75) is 63.4 Å². The zero-order valence-corrected chi connectivity index (χ0v) is 23.5. The third-order valence-corrected chi connectivity index (χ3v) is 20.6. The molecule has 0 aromatic carbocycles. The summed E-state index contributed by atoms with van der Waals surface area (Å²) in [4.78, 5) is 23.0. The van der Waals surface area contributed by atoms with E-state index in [0.29, 0.717) is 0 Å². The number of imidazole rings is 1. The second kappa shape index (κ2) is 9.21. The summed E-state index contributed by atoms with van der Waals surface area (Å²) >= 11 is 9.11. The summed E-state index contributed by atoms with van der Waals surface area (Å²) in [6, 6.07) is 0. The molecular weight excluding hydrogens is 521 g/mol. The normalized spacial score (nSPS) is 28.1. The molecule has 0 aliphatic carbocycles. The van der Waals surface area contributed by atoms with Gasteiger partial charge in [-0.25, -0.2) is 4.98 Å². The van der Waals surface area contributed by atoms with Crippen LogP contribution in [0.25, 0.3) is 11.2 Å². The van der Waals surface area contributed by atoms with E-state index in [1.165, 1.54) is 10.9 Å².